The van der Waals surface area contributed by atoms with E-state index >= 15 is 0 Å². The number of rotatable bonds is 8. The minimum Gasteiger partial charge on any atom is -0.455 e. The summed E-state index contributed by atoms with van der Waals surface area (Å²) in [6.45, 7) is 4.74. The van der Waals surface area contributed by atoms with Crippen molar-refractivity contribution >= 4 is 29.8 Å². The van der Waals surface area contributed by atoms with E-state index in [1.807, 2.05) is 0 Å². The summed E-state index contributed by atoms with van der Waals surface area (Å²) in [5.74, 6) is -4.41. The molecule has 0 aliphatic heterocycles. The summed E-state index contributed by atoms with van der Waals surface area (Å²) in [5.41, 5.74) is -2.28. The fraction of sp³-hybridized carbons (Fsp3) is 0.737. The molecule has 1 fully saturated rings. The second kappa shape index (κ2) is 11.0. The lowest BCUT2D eigenvalue weighted by molar-refractivity contribution is -0.287. The second-order valence-corrected chi connectivity index (χ2v) is 7.10. The van der Waals surface area contributed by atoms with E-state index in [4.69, 9.17) is 23.7 Å². The Balaban J connectivity index is 3.75. The number of aliphatic hydroxyl groups excluding tert-OH is 1. The van der Waals surface area contributed by atoms with Gasteiger partial charge >= 0.3 is 29.8 Å². The molecule has 0 aromatic rings. The van der Waals surface area contributed by atoms with Crippen LogP contribution in [0.15, 0.2) is 0 Å². The first-order valence-electron chi connectivity index (χ1n) is 9.52. The highest BCUT2D eigenvalue weighted by Gasteiger charge is 2.66. The van der Waals surface area contributed by atoms with Crippen LogP contribution in [0, 0.1) is 0 Å². The van der Waals surface area contributed by atoms with Gasteiger partial charge in [-0.2, -0.15) is 0 Å². The molecule has 0 radical (unpaired) electrons. The second-order valence-electron chi connectivity index (χ2n) is 7.10. The maximum Gasteiger partial charge on any atom is 0.303 e. The van der Waals surface area contributed by atoms with E-state index in [0.717, 1.165) is 34.6 Å². The van der Waals surface area contributed by atoms with Crippen molar-refractivity contribution in [2.24, 2.45) is 0 Å². The lowest BCUT2D eigenvalue weighted by atomic mass is 9.71. The zero-order valence-corrected chi connectivity index (χ0v) is 18.0. The zero-order chi connectivity index (χ0) is 23.9. The number of carbonyl (C=O) groups is 5. The van der Waals surface area contributed by atoms with Crippen molar-refractivity contribution in [2.75, 3.05) is 6.61 Å². The standard InChI is InChI=1S/C19H28O12/c1-9(21)27-14-15(28-10(2)22)17(30-12(4)24)19(26,7-6-8-20)18(31-13(5)25)16(14)29-11(3)23/h14-18,20,26H,6-8H2,1-5H3/t14-,15?,16?,17+,18?,19+/m1/s1. The van der Waals surface area contributed by atoms with Gasteiger partial charge in [0.1, 0.15) is 5.60 Å². The van der Waals surface area contributed by atoms with Gasteiger partial charge in [0.05, 0.1) is 0 Å². The van der Waals surface area contributed by atoms with Gasteiger partial charge in [0.2, 0.25) is 0 Å². The number of esters is 5. The molecular weight excluding hydrogens is 420 g/mol. The van der Waals surface area contributed by atoms with Crippen molar-refractivity contribution in [3.63, 3.8) is 0 Å². The molecule has 176 valence electrons. The van der Waals surface area contributed by atoms with Crippen LogP contribution >= 0.6 is 0 Å². The molecule has 0 bridgehead atoms. The number of carbonyl (C=O) groups excluding carboxylic acids is 5. The summed E-state index contributed by atoms with van der Waals surface area (Å²) < 4.78 is 26.1. The van der Waals surface area contributed by atoms with Gasteiger partial charge in [0, 0.05) is 41.2 Å². The van der Waals surface area contributed by atoms with Crippen molar-refractivity contribution in [3.05, 3.63) is 0 Å². The first-order valence-corrected chi connectivity index (χ1v) is 9.52. The zero-order valence-electron chi connectivity index (χ0n) is 18.0. The molecule has 2 N–H and O–H groups in total. The van der Waals surface area contributed by atoms with Gasteiger partial charge in [-0.1, -0.05) is 0 Å². The Morgan fingerprint density at radius 1 is 0.645 bits per heavy atom. The Hall–Kier alpha value is -2.73. The maximum absolute atomic E-state index is 11.8. The van der Waals surface area contributed by atoms with Crippen LogP contribution in [0.2, 0.25) is 0 Å². The number of hydrogen-bond donors (Lipinski definition) is 2. The molecule has 12 heteroatoms. The maximum atomic E-state index is 11.8. The van der Waals surface area contributed by atoms with Crippen LogP contribution in [0.25, 0.3) is 0 Å². The summed E-state index contributed by atoms with van der Waals surface area (Å²) in [5, 5.41) is 20.8. The Bertz CT molecular complexity index is 658. The van der Waals surface area contributed by atoms with Crippen LogP contribution in [0.1, 0.15) is 47.5 Å². The molecular formula is C19H28O12. The highest BCUT2D eigenvalue weighted by molar-refractivity contribution is 5.70. The van der Waals surface area contributed by atoms with Gasteiger partial charge in [0.15, 0.2) is 30.5 Å². The molecule has 1 aliphatic rings. The molecule has 1 saturated carbocycles. The molecule has 0 spiro atoms. The van der Waals surface area contributed by atoms with Gasteiger partial charge in [-0.15, -0.1) is 0 Å². The largest absolute Gasteiger partial charge is 0.455 e. The topological polar surface area (TPSA) is 172 Å². The van der Waals surface area contributed by atoms with Gasteiger partial charge in [0.25, 0.3) is 0 Å². The van der Waals surface area contributed by atoms with E-state index in [-0.39, 0.29) is 12.8 Å². The van der Waals surface area contributed by atoms with Crippen molar-refractivity contribution in [1.29, 1.82) is 0 Å². The highest BCUT2D eigenvalue weighted by atomic mass is 16.7. The SMILES string of the molecule is CC(=O)OC1C(OC(C)=O)[C@](O)(CCCO)[C@@H](OC(C)=O)C(OC(C)=O)[C@H]1OC(C)=O. The molecule has 0 saturated heterocycles. The Morgan fingerprint density at radius 2 is 0.968 bits per heavy atom. The van der Waals surface area contributed by atoms with Gasteiger partial charge in [-0.3, -0.25) is 24.0 Å². The average Bonchev–Trinajstić information content (AvgIpc) is 2.61. The van der Waals surface area contributed by atoms with E-state index in [9.17, 15) is 34.2 Å². The van der Waals surface area contributed by atoms with Gasteiger partial charge in [-0.25, -0.2) is 0 Å². The van der Waals surface area contributed by atoms with Crippen LogP contribution in [-0.4, -0.2) is 82.8 Å². The van der Waals surface area contributed by atoms with E-state index < -0.39 is 72.6 Å². The third kappa shape index (κ3) is 6.89. The molecule has 6 atom stereocenters. The first kappa shape index (κ1) is 26.3. The quantitative estimate of drug-likeness (QED) is 0.349. The lowest BCUT2D eigenvalue weighted by Gasteiger charge is -2.52. The van der Waals surface area contributed by atoms with Crippen molar-refractivity contribution in [2.45, 2.75) is 83.6 Å². The van der Waals surface area contributed by atoms with Crippen LogP contribution in [0.4, 0.5) is 0 Å². The van der Waals surface area contributed by atoms with Gasteiger partial charge in [-0.05, 0) is 12.8 Å². The predicted molar refractivity (Wildman–Crippen MR) is 99.0 cm³/mol. The Labute approximate surface area is 178 Å². The number of hydrogen-bond acceptors (Lipinski definition) is 12. The predicted octanol–water partition coefficient (Wildman–Crippen LogP) is -0.838. The molecule has 1 rings (SSSR count). The fourth-order valence-corrected chi connectivity index (χ4v) is 3.57. The molecule has 12 nitrogen and oxygen atoms in total. The van der Waals surface area contributed by atoms with E-state index in [1.54, 1.807) is 0 Å². The third-order valence-electron chi connectivity index (χ3n) is 4.46. The molecule has 3 unspecified atom stereocenters. The minimum atomic E-state index is -2.28. The molecule has 0 aromatic carbocycles. The molecule has 31 heavy (non-hydrogen) atoms. The van der Waals surface area contributed by atoms with E-state index in [0.29, 0.717) is 0 Å². The molecule has 0 heterocycles. The van der Waals surface area contributed by atoms with Crippen LogP contribution < -0.4 is 0 Å². The summed E-state index contributed by atoms with van der Waals surface area (Å²) in [4.78, 5) is 58.9. The Kier molecular flexibility index (Phi) is 9.38. The van der Waals surface area contributed by atoms with Gasteiger partial charge < -0.3 is 33.9 Å². The monoisotopic (exact) mass is 448 g/mol. The Morgan fingerprint density at radius 3 is 1.26 bits per heavy atom. The minimum absolute atomic E-state index is 0.0517. The summed E-state index contributed by atoms with van der Waals surface area (Å²) in [7, 11) is 0. The van der Waals surface area contributed by atoms with Crippen molar-refractivity contribution in [1.82, 2.24) is 0 Å². The van der Waals surface area contributed by atoms with Crippen molar-refractivity contribution in [3.8, 4) is 0 Å². The van der Waals surface area contributed by atoms with E-state index in [1.165, 1.54) is 0 Å². The molecule has 0 amide bonds. The smallest absolute Gasteiger partial charge is 0.303 e. The summed E-state index contributed by atoms with van der Waals surface area (Å²) in [6, 6.07) is 0. The summed E-state index contributed by atoms with van der Waals surface area (Å²) >= 11 is 0. The molecule has 1 aliphatic carbocycles. The van der Waals surface area contributed by atoms with Crippen LogP contribution in [-0.2, 0) is 47.7 Å². The third-order valence-corrected chi connectivity index (χ3v) is 4.46. The molecule has 0 aromatic heterocycles. The van der Waals surface area contributed by atoms with E-state index in [2.05, 4.69) is 0 Å². The van der Waals surface area contributed by atoms with Crippen molar-refractivity contribution < 1.29 is 57.9 Å². The van der Waals surface area contributed by atoms with Crippen LogP contribution in [0.3, 0.4) is 0 Å². The summed E-state index contributed by atoms with van der Waals surface area (Å²) in [6.07, 6.45) is -8.59. The lowest BCUT2D eigenvalue weighted by Crippen LogP contribution is -2.74. The number of aliphatic hydroxyl groups is 2. The highest BCUT2D eigenvalue weighted by Crippen LogP contribution is 2.41. The fourth-order valence-electron chi connectivity index (χ4n) is 3.57. The normalized spacial score (nSPS) is 30.0. The van der Waals surface area contributed by atoms with Crippen LogP contribution in [0.5, 0.6) is 0 Å². The average molecular weight is 448 g/mol. The number of ether oxygens (including phenoxy) is 5. The first-order chi connectivity index (χ1) is 14.3.